The second-order valence-corrected chi connectivity index (χ2v) is 6.07. The third-order valence-electron chi connectivity index (χ3n) is 4.34. The van der Waals surface area contributed by atoms with E-state index in [1.54, 1.807) is 12.4 Å². The maximum absolute atomic E-state index is 13.3. The summed E-state index contributed by atoms with van der Waals surface area (Å²) < 4.78 is 13.3. The molecular weight excluding hydrogens is 307 g/mol. The van der Waals surface area contributed by atoms with Crippen molar-refractivity contribution in [2.24, 2.45) is 0 Å². The SMILES string of the molecule is CN(Cc1nc2ccc(F)cc2[nH]1)c1ncnc2c1CCNCC2. The van der Waals surface area contributed by atoms with Crippen LogP contribution in [0.3, 0.4) is 0 Å². The van der Waals surface area contributed by atoms with Crippen molar-refractivity contribution in [3.63, 3.8) is 0 Å². The normalized spacial score (nSPS) is 14.4. The summed E-state index contributed by atoms with van der Waals surface area (Å²) in [7, 11) is 1.99. The fourth-order valence-corrected chi connectivity index (χ4v) is 3.19. The van der Waals surface area contributed by atoms with Gasteiger partial charge in [-0.1, -0.05) is 0 Å². The monoisotopic (exact) mass is 326 g/mol. The predicted octanol–water partition coefficient (Wildman–Crippen LogP) is 1.82. The summed E-state index contributed by atoms with van der Waals surface area (Å²) in [5.74, 6) is 1.47. The number of hydrogen-bond acceptors (Lipinski definition) is 5. The van der Waals surface area contributed by atoms with Crippen molar-refractivity contribution < 1.29 is 4.39 Å². The van der Waals surface area contributed by atoms with E-state index in [1.165, 1.54) is 17.7 Å². The molecule has 1 aliphatic rings. The van der Waals surface area contributed by atoms with Crippen LogP contribution >= 0.6 is 0 Å². The first-order valence-electron chi connectivity index (χ1n) is 8.09. The summed E-state index contributed by atoms with van der Waals surface area (Å²) in [4.78, 5) is 18.7. The summed E-state index contributed by atoms with van der Waals surface area (Å²) in [5.41, 5.74) is 3.80. The van der Waals surface area contributed by atoms with Gasteiger partial charge in [0.2, 0.25) is 0 Å². The molecule has 0 saturated heterocycles. The molecule has 0 aliphatic carbocycles. The molecule has 7 heteroatoms. The zero-order chi connectivity index (χ0) is 16.5. The second kappa shape index (κ2) is 6.16. The van der Waals surface area contributed by atoms with Crippen molar-refractivity contribution >= 4 is 16.9 Å². The Balaban J connectivity index is 1.62. The molecule has 3 heterocycles. The van der Waals surface area contributed by atoms with Gasteiger partial charge in [-0.3, -0.25) is 0 Å². The van der Waals surface area contributed by atoms with Crippen molar-refractivity contribution in [3.8, 4) is 0 Å². The minimum atomic E-state index is -0.264. The van der Waals surface area contributed by atoms with Crippen LogP contribution < -0.4 is 10.2 Å². The summed E-state index contributed by atoms with van der Waals surface area (Å²) >= 11 is 0. The van der Waals surface area contributed by atoms with Crippen LogP contribution in [-0.4, -0.2) is 40.1 Å². The lowest BCUT2D eigenvalue weighted by atomic mass is 10.1. The van der Waals surface area contributed by atoms with E-state index in [9.17, 15) is 4.39 Å². The third-order valence-corrected chi connectivity index (χ3v) is 4.34. The fourth-order valence-electron chi connectivity index (χ4n) is 3.19. The van der Waals surface area contributed by atoms with Gasteiger partial charge >= 0.3 is 0 Å². The first-order chi connectivity index (χ1) is 11.7. The molecule has 24 heavy (non-hydrogen) atoms. The highest BCUT2D eigenvalue weighted by atomic mass is 19.1. The van der Waals surface area contributed by atoms with Crippen molar-refractivity contribution in [2.45, 2.75) is 19.4 Å². The lowest BCUT2D eigenvalue weighted by molar-refractivity contribution is 0.629. The number of halogens is 1. The number of fused-ring (bicyclic) bond motifs is 2. The number of nitrogens with zero attached hydrogens (tertiary/aromatic N) is 4. The Kier molecular flexibility index (Phi) is 3.86. The molecule has 124 valence electrons. The summed E-state index contributed by atoms with van der Waals surface area (Å²) in [6.07, 6.45) is 3.47. The van der Waals surface area contributed by atoms with Crippen molar-refractivity contribution in [1.29, 1.82) is 0 Å². The Morgan fingerprint density at radius 3 is 3.00 bits per heavy atom. The molecule has 3 aromatic rings. The highest BCUT2D eigenvalue weighted by Gasteiger charge is 2.17. The van der Waals surface area contributed by atoms with Crippen LogP contribution in [0.1, 0.15) is 17.1 Å². The van der Waals surface area contributed by atoms with E-state index in [1.807, 2.05) is 7.05 Å². The van der Waals surface area contributed by atoms with Gasteiger partial charge < -0.3 is 15.2 Å². The number of aromatic amines is 1. The number of rotatable bonds is 3. The minimum Gasteiger partial charge on any atom is -0.352 e. The Labute approximate surface area is 139 Å². The minimum absolute atomic E-state index is 0.264. The molecular formula is C17H19FN6. The Bertz CT molecular complexity index is 875. The zero-order valence-corrected chi connectivity index (χ0v) is 13.5. The van der Waals surface area contributed by atoms with Crippen LogP contribution in [0.15, 0.2) is 24.5 Å². The summed E-state index contributed by atoms with van der Waals surface area (Å²) in [5, 5.41) is 3.39. The third kappa shape index (κ3) is 2.82. The Morgan fingerprint density at radius 1 is 1.21 bits per heavy atom. The van der Waals surface area contributed by atoms with Gasteiger partial charge in [0.1, 0.15) is 23.8 Å². The number of nitrogens with one attached hydrogen (secondary N) is 2. The summed E-state index contributed by atoms with van der Waals surface area (Å²) in [6, 6.07) is 4.58. The van der Waals surface area contributed by atoms with Crippen LogP contribution in [0.5, 0.6) is 0 Å². The molecule has 2 aromatic heterocycles. The molecule has 0 amide bonds. The van der Waals surface area contributed by atoms with Crippen molar-refractivity contribution in [1.82, 2.24) is 25.3 Å². The van der Waals surface area contributed by atoms with Gasteiger partial charge in [-0.15, -0.1) is 0 Å². The number of benzene rings is 1. The molecule has 1 aromatic carbocycles. The van der Waals surface area contributed by atoms with Gasteiger partial charge in [0.15, 0.2) is 0 Å². The van der Waals surface area contributed by atoms with Crippen molar-refractivity contribution in [3.05, 3.63) is 47.4 Å². The average molecular weight is 326 g/mol. The van der Waals surface area contributed by atoms with Gasteiger partial charge in [-0.2, -0.15) is 0 Å². The van der Waals surface area contributed by atoms with E-state index >= 15 is 0 Å². The Hall–Kier alpha value is -2.54. The van der Waals surface area contributed by atoms with E-state index in [0.29, 0.717) is 12.1 Å². The van der Waals surface area contributed by atoms with Crippen LogP contribution in [0.25, 0.3) is 11.0 Å². The Morgan fingerprint density at radius 2 is 2.08 bits per heavy atom. The van der Waals surface area contributed by atoms with E-state index in [-0.39, 0.29) is 5.82 Å². The molecule has 0 saturated carbocycles. The van der Waals surface area contributed by atoms with Gasteiger partial charge in [-0.05, 0) is 31.2 Å². The largest absolute Gasteiger partial charge is 0.352 e. The quantitative estimate of drug-likeness (QED) is 0.768. The van der Waals surface area contributed by atoms with E-state index in [2.05, 4.69) is 30.2 Å². The number of hydrogen-bond donors (Lipinski definition) is 2. The molecule has 4 rings (SSSR count). The smallest absolute Gasteiger partial charge is 0.135 e. The van der Waals surface area contributed by atoms with Gasteiger partial charge in [0, 0.05) is 25.6 Å². The van der Waals surface area contributed by atoms with E-state index in [4.69, 9.17) is 0 Å². The first-order valence-corrected chi connectivity index (χ1v) is 8.09. The lowest BCUT2D eigenvalue weighted by Crippen LogP contribution is -2.21. The van der Waals surface area contributed by atoms with Crippen LogP contribution in [-0.2, 0) is 19.4 Å². The average Bonchev–Trinajstić information content (AvgIpc) is 2.80. The molecule has 0 bridgehead atoms. The number of anilines is 1. The summed E-state index contributed by atoms with van der Waals surface area (Å²) in [6.45, 7) is 2.46. The van der Waals surface area contributed by atoms with Crippen LogP contribution in [0.2, 0.25) is 0 Å². The van der Waals surface area contributed by atoms with Gasteiger partial charge in [0.25, 0.3) is 0 Å². The number of imidazole rings is 1. The van der Waals surface area contributed by atoms with E-state index in [0.717, 1.165) is 48.8 Å². The highest BCUT2D eigenvalue weighted by Crippen LogP contribution is 2.23. The van der Waals surface area contributed by atoms with Crippen LogP contribution in [0.4, 0.5) is 10.2 Å². The van der Waals surface area contributed by atoms with Crippen LogP contribution in [0, 0.1) is 5.82 Å². The van der Waals surface area contributed by atoms with Gasteiger partial charge in [0.05, 0.1) is 23.3 Å². The lowest BCUT2D eigenvalue weighted by Gasteiger charge is -2.20. The zero-order valence-electron chi connectivity index (χ0n) is 13.5. The number of H-pyrrole nitrogens is 1. The molecule has 0 radical (unpaired) electrons. The second-order valence-electron chi connectivity index (χ2n) is 6.07. The fraction of sp³-hybridized carbons (Fsp3) is 0.353. The predicted molar refractivity (Wildman–Crippen MR) is 90.5 cm³/mol. The molecule has 2 N–H and O–H groups in total. The molecule has 6 nitrogen and oxygen atoms in total. The number of aromatic nitrogens is 4. The maximum atomic E-state index is 13.3. The van der Waals surface area contributed by atoms with Crippen molar-refractivity contribution in [2.75, 3.05) is 25.0 Å². The molecule has 0 spiro atoms. The molecule has 1 aliphatic heterocycles. The van der Waals surface area contributed by atoms with Gasteiger partial charge in [-0.25, -0.2) is 19.3 Å². The molecule has 0 atom stereocenters. The standard InChI is InChI=1S/C17H19FN6/c1-24(9-16-22-14-3-2-11(18)8-15(14)23-16)17-12-4-6-19-7-5-13(12)20-10-21-17/h2-3,8,10,19H,4-7,9H2,1H3,(H,22,23). The maximum Gasteiger partial charge on any atom is 0.135 e. The topological polar surface area (TPSA) is 69.7 Å². The molecule has 0 unspecified atom stereocenters. The highest BCUT2D eigenvalue weighted by molar-refractivity contribution is 5.75. The molecule has 0 fully saturated rings. The van der Waals surface area contributed by atoms with E-state index < -0.39 is 0 Å². The first kappa shape index (κ1) is 15.0.